The van der Waals surface area contributed by atoms with Crippen molar-refractivity contribution in [1.82, 2.24) is 5.32 Å². The molecular formula is C14H18N2O. The lowest BCUT2D eigenvalue weighted by Gasteiger charge is -2.24. The van der Waals surface area contributed by atoms with Crippen molar-refractivity contribution >= 4 is 0 Å². The van der Waals surface area contributed by atoms with Crippen LogP contribution in [0.25, 0.3) is 0 Å². The van der Waals surface area contributed by atoms with Gasteiger partial charge in [0.2, 0.25) is 0 Å². The molecule has 0 aromatic heterocycles. The van der Waals surface area contributed by atoms with Crippen molar-refractivity contribution in [3.8, 4) is 6.07 Å². The van der Waals surface area contributed by atoms with Crippen LogP contribution in [0.3, 0.4) is 0 Å². The SMILES string of the molecule is N#CC(CNC1CCOCC1)c1ccccc1. The van der Waals surface area contributed by atoms with E-state index in [0.29, 0.717) is 6.04 Å². The Morgan fingerprint density at radius 2 is 2.00 bits per heavy atom. The second kappa shape index (κ2) is 6.39. The van der Waals surface area contributed by atoms with Gasteiger partial charge < -0.3 is 10.1 Å². The molecule has 1 aromatic rings. The molecule has 1 N–H and O–H groups in total. The average Bonchev–Trinajstić information content (AvgIpc) is 2.42. The van der Waals surface area contributed by atoms with Crippen molar-refractivity contribution < 1.29 is 4.74 Å². The van der Waals surface area contributed by atoms with Gasteiger partial charge in [0.05, 0.1) is 12.0 Å². The minimum absolute atomic E-state index is 0.0564. The van der Waals surface area contributed by atoms with Gasteiger partial charge in [0.15, 0.2) is 0 Å². The number of nitriles is 1. The molecule has 1 aromatic carbocycles. The molecule has 2 rings (SSSR count). The molecule has 90 valence electrons. The van der Waals surface area contributed by atoms with Crippen LogP contribution in [0.15, 0.2) is 30.3 Å². The lowest BCUT2D eigenvalue weighted by atomic mass is 9.99. The number of hydrogen-bond donors (Lipinski definition) is 1. The van der Waals surface area contributed by atoms with Crippen molar-refractivity contribution in [2.45, 2.75) is 24.8 Å². The van der Waals surface area contributed by atoms with E-state index >= 15 is 0 Å². The Labute approximate surface area is 102 Å². The Morgan fingerprint density at radius 3 is 2.65 bits per heavy atom. The van der Waals surface area contributed by atoms with Crippen LogP contribution in [0, 0.1) is 11.3 Å². The fourth-order valence-corrected chi connectivity index (χ4v) is 2.11. The molecule has 0 radical (unpaired) electrons. The Morgan fingerprint density at radius 1 is 1.29 bits per heavy atom. The maximum absolute atomic E-state index is 9.19. The number of ether oxygens (including phenoxy) is 1. The van der Waals surface area contributed by atoms with Crippen LogP contribution in [0.2, 0.25) is 0 Å². The summed E-state index contributed by atoms with van der Waals surface area (Å²) < 4.78 is 5.31. The zero-order valence-electron chi connectivity index (χ0n) is 9.93. The number of benzene rings is 1. The molecule has 1 saturated heterocycles. The molecule has 1 aliphatic rings. The first-order valence-corrected chi connectivity index (χ1v) is 6.16. The van der Waals surface area contributed by atoms with Gasteiger partial charge in [-0.1, -0.05) is 30.3 Å². The third-order valence-electron chi connectivity index (χ3n) is 3.19. The summed E-state index contributed by atoms with van der Waals surface area (Å²) >= 11 is 0. The average molecular weight is 230 g/mol. The third kappa shape index (κ3) is 3.55. The van der Waals surface area contributed by atoms with Crippen molar-refractivity contribution in [2.24, 2.45) is 0 Å². The van der Waals surface area contributed by atoms with E-state index in [1.54, 1.807) is 0 Å². The number of nitrogens with one attached hydrogen (secondary N) is 1. The van der Waals surface area contributed by atoms with Crippen molar-refractivity contribution in [3.63, 3.8) is 0 Å². The topological polar surface area (TPSA) is 45.0 Å². The maximum Gasteiger partial charge on any atom is 0.0837 e. The summed E-state index contributed by atoms with van der Waals surface area (Å²) in [6.07, 6.45) is 2.10. The Bertz CT molecular complexity index is 366. The number of rotatable bonds is 4. The van der Waals surface area contributed by atoms with Gasteiger partial charge in [0.1, 0.15) is 0 Å². The van der Waals surface area contributed by atoms with Crippen LogP contribution in [0.4, 0.5) is 0 Å². The number of hydrogen-bond acceptors (Lipinski definition) is 3. The van der Waals surface area contributed by atoms with Gasteiger partial charge in [-0.25, -0.2) is 0 Å². The molecule has 1 unspecified atom stereocenters. The molecule has 0 amide bonds. The van der Waals surface area contributed by atoms with E-state index in [2.05, 4.69) is 11.4 Å². The van der Waals surface area contributed by atoms with E-state index in [4.69, 9.17) is 4.74 Å². The molecule has 0 saturated carbocycles. The van der Waals surface area contributed by atoms with Crippen LogP contribution in [-0.4, -0.2) is 25.8 Å². The summed E-state index contributed by atoms with van der Waals surface area (Å²) in [5, 5.41) is 12.7. The normalized spacial score (nSPS) is 18.5. The Kier molecular flexibility index (Phi) is 4.54. The summed E-state index contributed by atoms with van der Waals surface area (Å²) in [6.45, 7) is 2.39. The predicted molar refractivity (Wildman–Crippen MR) is 66.6 cm³/mol. The Hall–Kier alpha value is -1.37. The molecule has 0 bridgehead atoms. The quantitative estimate of drug-likeness (QED) is 0.861. The van der Waals surface area contributed by atoms with Crippen molar-refractivity contribution in [3.05, 3.63) is 35.9 Å². The third-order valence-corrected chi connectivity index (χ3v) is 3.19. The van der Waals surface area contributed by atoms with Crippen LogP contribution in [0.1, 0.15) is 24.3 Å². The van der Waals surface area contributed by atoms with Gasteiger partial charge in [-0.2, -0.15) is 5.26 Å². The predicted octanol–water partition coefficient (Wildman–Crippen LogP) is 2.06. The zero-order chi connectivity index (χ0) is 11.9. The van der Waals surface area contributed by atoms with Crippen LogP contribution < -0.4 is 5.32 Å². The van der Waals surface area contributed by atoms with E-state index in [9.17, 15) is 5.26 Å². The fourth-order valence-electron chi connectivity index (χ4n) is 2.11. The minimum Gasteiger partial charge on any atom is -0.381 e. The molecule has 1 fully saturated rings. The summed E-state index contributed by atoms with van der Waals surface area (Å²) in [4.78, 5) is 0. The largest absolute Gasteiger partial charge is 0.381 e. The molecule has 1 heterocycles. The van der Waals surface area contributed by atoms with E-state index in [0.717, 1.165) is 38.2 Å². The van der Waals surface area contributed by atoms with E-state index in [-0.39, 0.29) is 5.92 Å². The highest BCUT2D eigenvalue weighted by atomic mass is 16.5. The van der Waals surface area contributed by atoms with Crippen LogP contribution in [0.5, 0.6) is 0 Å². The van der Waals surface area contributed by atoms with Gasteiger partial charge in [0, 0.05) is 25.8 Å². The van der Waals surface area contributed by atoms with Gasteiger partial charge in [0.25, 0.3) is 0 Å². The highest BCUT2D eigenvalue weighted by Crippen LogP contribution is 2.14. The highest BCUT2D eigenvalue weighted by Gasteiger charge is 2.16. The van der Waals surface area contributed by atoms with Gasteiger partial charge >= 0.3 is 0 Å². The van der Waals surface area contributed by atoms with Crippen LogP contribution >= 0.6 is 0 Å². The minimum atomic E-state index is -0.0564. The van der Waals surface area contributed by atoms with E-state index in [1.807, 2.05) is 30.3 Å². The fraction of sp³-hybridized carbons (Fsp3) is 0.500. The first kappa shape index (κ1) is 12.1. The van der Waals surface area contributed by atoms with Crippen molar-refractivity contribution in [2.75, 3.05) is 19.8 Å². The molecule has 17 heavy (non-hydrogen) atoms. The summed E-state index contributed by atoms with van der Waals surface area (Å²) in [7, 11) is 0. The van der Waals surface area contributed by atoms with Crippen LogP contribution in [-0.2, 0) is 4.74 Å². The molecule has 3 nitrogen and oxygen atoms in total. The molecule has 3 heteroatoms. The van der Waals surface area contributed by atoms with Gasteiger partial charge in [-0.05, 0) is 18.4 Å². The maximum atomic E-state index is 9.19. The van der Waals surface area contributed by atoms with Crippen molar-refractivity contribution in [1.29, 1.82) is 5.26 Å². The second-order valence-corrected chi connectivity index (χ2v) is 4.39. The molecule has 0 aliphatic carbocycles. The lowest BCUT2D eigenvalue weighted by molar-refractivity contribution is 0.0780. The molecular weight excluding hydrogens is 212 g/mol. The summed E-state index contributed by atoms with van der Waals surface area (Å²) in [6, 6.07) is 12.8. The molecule has 0 spiro atoms. The first-order valence-electron chi connectivity index (χ1n) is 6.16. The second-order valence-electron chi connectivity index (χ2n) is 4.39. The zero-order valence-corrected chi connectivity index (χ0v) is 9.93. The first-order chi connectivity index (χ1) is 8.40. The number of nitrogens with zero attached hydrogens (tertiary/aromatic N) is 1. The monoisotopic (exact) mass is 230 g/mol. The van der Waals surface area contributed by atoms with E-state index in [1.165, 1.54) is 0 Å². The molecule has 1 atom stereocenters. The summed E-state index contributed by atoms with van der Waals surface area (Å²) in [5.41, 5.74) is 1.09. The molecule has 1 aliphatic heterocycles. The van der Waals surface area contributed by atoms with Gasteiger partial charge in [-0.3, -0.25) is 0 Å². The van der Waals surface area contributed by atoms with E-state index < -0.39 is 0 Å². The smallest absolute Gasteiger partial charge is 0.0837 e. The Balaban J connectivity index is 1.86. The summed E-state index contributed by atoms with van der Waals surface area (Å²) in [5.74, 6) is -0.0564. The highest BCUT2D eigenvalue weighted by molar-refractivity contribution is 5.25. The van der Waals surface area contributed by atoms with Gasteiger partial charge in [-0.15, -0.1) is 0 Å². The standard InChI is InChI=1S/C14H18N2O/c15-10-13(12-4-2-1-3-5-12)11-16-14-6-8-17-9-7-14/h1-5,13-14,16H,6-9,11H2. The lowest BCUT2D eigenvalue weighted by Crippen LogP contribution is -2.37.